The summed E-state index contributed by atoms with van der Waals surface area (Å²) in [6.07, 6.45) is 13.4. The van der Waals surface area contributed by atoms with E-state index < -0.39 is 0 Å². The van der Waals surface area contributed by atoms with Crippen molar-refractivity contribution in [2.75, 3.05) is 43.5 Å². The number of rotatable bonds is 2. The third-order valence-corrected chi connectivity index (χ3v) is 9.65. The SMILES string of the molecule is C1CCC2=[N+](CC1)CCCN2.CN1C(=CC=Cc2n(C)c3cc4ccccc4cc3[n+]2C)N(C)c2cc3ccccc3cc21. The fourth-order valence-electron chi connectivity index (χ4n) is 7.13. The van der Waals surface area contributed by atoms with Crippen LogP contribution in [0.25, 0.3) is 38.7 Å². The highest BCUT2D eigenvalue weighted by Gasteiger charge is 2.26. The van der Waals surface area contributed by atoms with E-state index in [4.69, 9.17) is 0 Å². The molecule has 4 aromatic carbocycles. The van der Waals surface area contributed by atoms with Crippen LogP contribution in [0.2, 0.25) is 0 Å². The molecule has 44 heavy (non-hydrogen) atoms. The van der Waals surface area contributed by atoms with Crippen LogP contribution in [0, 0.1) is 0 Å². The van der Waals surface area contributed by atoms with Gasteiger partial charge in [-0.2, -0.15) is 0 Å². The number of imidazole rings is 1. The highest BCUT2D eigenvalue weighted by molar-refractivity contribution is 5.97. The molecule has 5 aromatic rings. The molecule has 6 nitrogen and oxygen atoms in total. The van der Waals surface area contributed by atoms with Crippen LogP contribution in [0.1, 0.15) is 37.9 Å². The van der Waals surface area contributed by atoms with E-state index in [2.05, 4.69) is 148 Å². The molecule has 0 aliphatic carbocycles. The van der Waals surface area contributed by atoms with E-state index in [1.807, 2.05) is 0 Å². The highest BCUT2D eigenvalue weighted by Crippen LogP contribution is 2.42. The van der Waals surface area contributed by atoms with Crippen LogP contribution in [0.3, 0.4) is 0 Å². The lowest BCUT2D eigenvalue weighted by atomic mass is 10.1. The largest absolute Gasteiger partial charge is 0.329 e. The number of allylic oxidation sites excluding steroid dienone is 2. The summed E-state index contributed by atoms with van der Waals surface area (Å²) in [4.78, 5) is 4.53. The van der Waals surface area contributed by atoms with E-state index in [0.717, 1.165) is 11.6 Å². The molecule has 224 valence electrons. The molecule has 8 rings (SSSR count). The van der Waals surface area contributed by atoms with Gasteiger partial charge in [-0.1, -0.05) is 54.6 Å². The highest BCUT2D eigenvalue weighted by atomic mass is 15.4. The van der Waals surface area contributed by atoms with Gasteiger partial charge < -0.3 is 9.80 Å². The van der Waals surface area contributed by atoms with E-state index in [1.165, 1.54) is 102 Å². The van der Waals surface area contributed by atoms with Crippen LogP contribution in [0.5, 0.6) is 0 Å². The Morgan fingerprint density at radius 2 is 1.34 bits per heavy atom. The molecule has 0 saturated heterocycles. The van der Waals surface area contributed by atoms with Crippen molar-refractivity contribution in [1.29, 1.82) is 0 Å². The molecule has 1 N–H and O–H groups in total. The lowest BCUT2D eigenvalue weighted by Crippen LogP contribution is -2.40. The summed E-state index contributed by atoms with van der Waals surface area (Å²) in [6, 6.07) is 26.2. The Hall–Kier alpha value is -4.58. The summed E-state index contributed by atoms with van der Waals surface area (Å²) in [5, 5.41) is 8.57. The van der Waals surface area contributed by atoms with Gasteiger partial charge in [0.2, 0.25) is 5.84 Å². The number of fused-ring (bicyclic) bond motifs is 4. The molecule has 1 aromatic heterocycles. The van der Waals surface area contributed by atoms with Crippen molar-refractivity contribution < 1.29 is 9.14 Å². The van der Waals surface area contributed by atoms with E-state index in [1.54, 1.807) is 0 Å². The van der Waals surface area contributed by atoms with Crippen LogP contribution in [-0.2, 0) is 14.1 Å². The first-order valence-electron chi connectivity index (χ1n) is 16.1. The molecule has 4 heterocycles. The van der Waals surface area contributed by atoms with Crippen molar-refractivity contribution in [1.82, 2.24) is 9.88 Å². The Morgan fingerprint density at radius 3 is 2.02 bits per heavy atom. The zero-order valence-electron chi connectivity index (χ0n) is 26.6. The summed E-state index contributed by atoms with van der Waals surface area (Å²) >= 11 is 0. The Balaban J connectivity index is 0.000000239. The number of benzene rings is 4. The second kappa shape index (κ2) is 11.8. The number of aromatic nitrogens is 2. The molecule has 0 bridgehead atoms. The molecule has 0 fully saturated rings. The fraction of sp³-hybridized carbons (Fsp3) is 0.316. The van der Waals surface area contributed by atoms with Gasteiger partial charge in [-0.15, -0.1) is 0 Å². The standard InChI is InChI=1S/C29H27N4.C9H16N2/c1-30-24-16-20-10-5-6-11-21(20)17-25(24)31(2)28(30)14-9-15-29-32(3)26-18-22-12-7-8-13-23(22)19-27(26)33(29)4;1-2-5-9-10-6-4-8-11(9)7-3-1/h5-19H,1-4H3;1-8H2/q+1;/p+1. The van der Waals surface area contributed by atoms with Crippen LogP contribution < -0.4 is 19.7 Å². The minimum absolute atomic E-state index is 1.16. The fourth-order valence-corrected chi connectivity index (χ4v) is 7.13. The van der Waals surface area contributed by atoms with E-state index in [-0.39, 0.29) is 0 Å². The predicted octanol–water partition coefficient (Wildman–Crippen LogP) is 6.71. The quantitative estimate of drug-likeness (QED) is 0.234. The summed E-state index contributed by atoms with van der Waals surface area (Å²) < 4.78 is 7.07. The van der Waals surface area contributed by atoms with Crippen LogP contribution in [0.15, 0.2) is 90.8 Å². The van der Waals surface area contributed by atoms with Gasteiger partial charge in [-0.25, -0.2) is 9.13 Å². The molecule has 3 aliphatic rings. The number of amidine groups is 1. The molecular formula is C38H44N6+2. The molecule has 0 amide bonds. The topological polar surface area (TPSA) is 30.3 Å². The maximum Gasteiger partial charge on any atom is 0.281 e. The average molecular weight is 585 g/mol. The summed E-state index contributed by atoms with van der Waals surface area (Å²) in [7, 11) is 8.55. The van der Waals surface area contributed by atoms with Gasteiger partial charge in [0.1, 0.15) is 5.82 Å². The molecule has 0 radical (unpaired) electrons. The number of nitrogens with one attached hydrogen (secondary N) is 1. The van der Waals surface area contributed by atoms with Crippen LogP contribution in [-0.4, -0.2) is 48.7 Å². The zero-order valence-corrected chi connectivity index (χ0v) is 26.6. The number of anilines is 2. The molecular weight excluding hydrogens is 540 g/mol. The summed E-state index contributed by atoms with van der Waals surface area (Å²) in [6.45, 7) is 3.79. The molecule has 0 saturated carbocycles. The van der Waals surface area contributed by atoms with Gasteiger partial charge in [0.25, 0.3) is 5.82 Å². The van der Waals surface area contributed by atoms with Gasteiger partial charge in [0.15, 0.2) is 11.0 Å². The number of hydrogen-bond donors (Lipinski definition) is 1. The first-order valence-corrected chi connectivity index (χ1v) is 16.1. The second-order valence-corrected chi connectivity index (χ2v) is 12.4. The van der Waals surface area contributed by atoms with Crippen molar-refractivity contribution in [2.24, 2.45) is 14.1 Å². The molecule has 0 atom stereocenters. The third kappa shape index (κ3) is 5.12. The first kappa shape index (κ1) is 28.2. The van der Waals surface area contributed by atoms with Crippen molar-refractivity contribution in [3.05, 3.63) is 96.6 Å². The Kier molecular flexibility index (Phi) is 7.59. The number of aryl methyl sites for hydroxylation is 2. The Morgan fingerprint density at radius 1 is 0.727 bits per heavy atom. The third-order valence-electron chi connectivity index (χ3n) is 9.65. The summed E-state index contributed by atoms with van der Waals surface area (Å²) in [5.41, 5.74) is 4.94. The number of nitrogens with zero attached hydrogens (tertiary/aromatic N) is 5. The van der Waals surface area contributed by atoms with Crippen molar-refractivity contribution in [2.45, 2.75) is 32.1 Å². The number of hydrogen-bond acceptors (Lipinski definition) is 3. The van der Waals surface area contributed by atoms with Gasteiger partial charge in [-0.05, 0) is 71.1 Å². The lowest BCUT2D eigenvalue weighted by Gasteiger charge is -2.17. The van der Waals surface area contributed by atoms with Gasteiger partial charge in [0, 0.05) is 33.0 Å². The first-order chi connectivity index (χ1) is 21.5. The smallest absolute Gasteiger partial charge is 0.281 e. The Bertz CT molecular complexity index is 1830. The Labute approximate surface area is 260 Å². The molecule has 6 heteroatoms. The minimum atomic E-state index is 1.16. The van der Waals surface area contributed by atoms with Gasteiger partial charge in [-0.3, -0.25) is 9.89 Å². The second-order valence-electron chi connectivity index (χ2n) is 12.4. The van der Waals surface area contributed by atoms with Crippen LogP contribution >= 0.6 is 0 Å². The normalized spacial score (nSPS) is 16.7. The average Bonchev–Trinajstić information content (AvgIpc) is 3.28. The van der Waals surface area contributed by atoms with E-state index >= 15 is 0 Å². The van der Waals surface area contributed by atoms with Gasteiger partial charge in [0.05, 0.1) is 45.1 Å². The molecule has 0 unspecified atom stereocenters. The van der Waals surface area contributed by atoms with E-state index in [0.29, 0.717) is 0 Å². The van der Waals surface area contributed by atoms with Gasteiger partial charge >= 0.3 is 0 Å². The van der Waals surface area contributed by atoms with Crippen molar-refractivity contribution in [3.8, 4) is 0 Å². The zero-order chi connectivity index (χ0) is 30.2. The summed E-state index contributed by atoms with van der Waals surface area (Å²) in [5.74, 6) is 3.83. The lowest BCUT2D eigenvalue weighted by molar-refractivity contribution is -0.647. The van der Waals surface area contributed by atoms with Crippen LogP contribution in [0.4, 0.5) is 11.4 Å². The van der Waals surface area contributed by atoms with Crippen molar-refractivity contribution >= 4 is 55.9 Å². The van der Waals surface area contributed by atoms with E-state index in [9.17, 15) is 0 Å². The molecule has 3 aliphatic heterocycles. The van der Waals surface area contributed by atoms with Crippen molar-refractivity contribution in [3.63, 3.8) is 0 Å². The maximum absolute atomic E-state index is 3.50. The monoisotopic (exact) mass is 584 g/mol. The molecule has 0 spiro atoms. The minimum Gasteiger partial charge on any atom is -0.329 e. The predicted molar refractivity (Wildman–Crippen MR) is 186 cm³/mol. The maximum atomic E-state index is 3.50.